The van der Waals surface area contributed by atoms with Gasteiger partial charge in [0.15, 0.2) is 6.10 Å². The summed E-state index contributed by atoms with van der Waals surface area (Å²) in [5.41, 5.74) is 2.49. The van der Waals surface area contributed by atoms with E-state index in [9.17, 15) is 9.59 Å². The predicted octanol–water partition coefficient (Wildman–Crippen LogP) is 2.72. The number of cyclic esters (lactones) is 1. The van der Waals surface area contributed by atoms with Crippen molar-refractivity contribution in [1.29, 1.82) is 0 Å². The lowest BCUT2D eigenvalue weighted by Crippen LogP contribution is -2.45. The summed E-state index contributed by atoms with van der Waals surface area (Å²) < 4.78 is 5.42. The minimum Gasteiger partial charge on any atom is -0.448 e. The smallest absolute Gasteiger partial charge is 0.339 e. The van der Waals surface area contributed by atoms with Crippen LogP contribution < -0.4 is 5.32 Å². The van der Waals surface area contributed by atoms with Crippen LogP contribution in [0.5, 0.6) is 0 Å². The van der Waals surface area contributed by atoms with Crippen LogP contribution in [0, 0.1) is 0 Å². The lowest BCUT2D eigenvalue weighted by Gasteiger charge is -2.28. The highest BCUT2D eigenvalue weighted by atomic mass is 16.5. The maximum Gasteiger partial charge on any atom is 0.339 e. The van der Waals surface area contributed by atoms with Crippen LogP contribution in [-0.4, -0.2) is 42.5 Å². The van der Waals surface area contributed by atoms with Gasteiger partial charge in [0.25, 0.3) is 5.91 Å². The minimum absolute atomic E-state index is 0.118. The van der Waals surface area contributed by atoms with E-state index in [1.165, 1.54) is 12.8 Å². The number of carbonyl (C=O) groups excluding carboxylic acids is 2. The van der Waals surface area contributed by atoms with Crippen LogP contribution in [-0.2, 0) is 16.0 Å². The summed E-state index contributed by atoms with van der Waals surface area (Å²) in [6.45, 7) is 2.89. The average molecular weight is 364 g/mol. The second kappa shape index (κ2) is 7.92. The Hall–Kier alpha value is -2.66. The summed E-state index contributed by atoms with van der Waals surface area (Å²) in [6, 6.07) is 17.2. The molecular formula is C22H24N2O3. The van der Waals surface area contributed by atoms with Crippen molar-refractivity contribution in [2.45, 2.75) is 31.4 Å². The Kier molecular flexibility index (Phi) is 5.21. The molecule has 0 spiro atoms. The Balaban J connectivity index is 1.49. The van der Waals surface area contributed by atoms with E-state index in [1.54, 1.807) is 6.07 Å². The molecule has 0 bridgehead atoms. The van der Waals surface area contributed by atoms with Gasteiger partial charge < -0.3 is 15.0 Å². The third-order valence-corrected chi connectivity index (χ3v) is 5.34. The average Bonchev–Trinajstić information content (AvgIpc) is 3.21. The quantitative estimate of drug-likeness (QED) is 0.829. The summed E-state index contributed by atoms with van der Waals surface area (Å²) >= 11 is 0. The number of benzene rings is 2. The Morgan fingerprint density at radius 3 is 2.56 bits per heavy atom. The molecule has 1 N–H and O–H groups in total. The monoisotopic (exact) mass is 364 g/mol. The van der Waals surface area contributed by atoms with Gasteiger partial charge in [0.1, 0.15) is 0 Å². The maximum absolute atomic E-state index is 12.9. The summed E-state index contributed by atoms with van der Waals surface area (Å²) in [6.07, 6.45) is 2.04. The molecule has 2 unspecified atom stereocenters. The molecule has 1 saturated heterocycles. The highest BCUT2D eigenvalue weighted by Gasteiger charge is 2.32. The number of amides is 1. The van der Waals surface area contributed by atoms with E-state index in [-0.39, 0.29) is 11.9 Å². The van der Waals surface area contributed by atoms with E-state index < -0.39 is 12.1 Å². The van der Waals surface area contributed by atoms with Crippen molar-refractivity contribution in [3.8, 4) is 0 Å². The molecule has 2 aromatic carbocycles. The van der Waals surface area contributed by atoms with Gasteiger partial charge in [-0.3, -0.25) is 4.79 Å². The zero-order chi connectivity index (χ0) is 18.6. The summed E-state index contributed by atoms with van der Waals surface area (Å²) in [5.74, 6) is -0.654. The largest absolute Gasteiger partial charge is 0.448 e. The third-order valence-electron chi connectivity index (χ3n) is 5.34. The molecule has 0 radical (unpaired) electrons. The van der Waals surface area contributed by atoms with Gasteiger partial charge in [-0.2, -0.15) is 0 Å². The number of hydrogen-bond donors (Lipinski definition) is 1. The lowest BCUT2D eigenvalue weighted by atomic mass is 9.98. The van der Waals surface area contributed by atoms with E-state index in [4.69, 9.17) is 4.74 Å². The molecule has 5 nitrogen and oxygen atoms in total. The number of fused-ring (bicyclic) bond motifs is 1. The molecule has 2 aromatic rings. The van der Waals surface area contributed by atoms with Crippen LogP contribution in [0.4, 0.5) is 0 Å². The van der Waals surface area contributed by atoms with Gasteiger partial charge in [0, 0.05) is 13.0 Å². The molecule has 5 heteroatoms. The van der Waals surface area contributed by atoms with Crippen molar-refractivity contribution < 1.29 is 14.3 Å². The molecule has 2 aliphatic rings. The molecule has 0 saturated carbocycles. The molecule has 0 aromatic heterocycles. The Bertz CT molecular complexity index is 815. The summed E-state index contributed by atoms with van der Waals surface area (Å²) in [4.78, 5) is 27.5. The zero-order valence-corrected chi connectivity index (χ0v) is 15.3. The predicted molar refractivity (Wildman–Crippen MR) is 102 cm³/mol. The molecule has 140 valence electrons. The highest BCUT2D eigenvalue weighted by molar-refractivity contribution is 5.95. The number of hydrogen-bond acceptors (Lipinski definition) is 4. The van der Waals surface area contributed by atoms with Gasteiger partial charge in [0.05, 0.1) is 11.6 Å². The number of nitrogens with zero attached hydrogens (tertiary/aromatic N) is 1. The Morgan fingerprint density at radius 1 is 1.07 bits per heavy atom. The van der Waals surface area contributed by atoms with E-state index >= 15 is 0 Å². The highest BCUT2D eigenvalue weighted by Crippen LogP contribution is 2.22. The molecule has 2 aliphatic heterocycles. The molecule has 2 atom stereocenters. The van der Waals surface area contributed by atoms with Crippen LogP contribution in [0.3, 0.4) is 0 Å². The van der Waals surface area contributed by atoms with Gasteiger partial charge in [-0.05, 0) is 43.1 Å². The van der Waals surface area contributed by atoms with Crippen molar-refractivity contribution in [2.75, 3.05) is 19.6 Å². The van der Waals surface area contributed by atoms with Crippen LogP contribution >= 0.6 is 0 Å². The van der Waals surface area contributed by atoms with Crippen molar-refractivity contribution in [3.05, 3.63) is 71.3 Å². The second-order valence-electron chi connectivity index (χ2n) is 7.23. The molecule has 2 heterocycles. The number of carbonyl (C=O) groups is 2. The fraction of sp³-hybridized carbons (Fsp3) is 0.364. The molecule has 27 heavy (non-hydrogen) atoms. The summed E-state index contributed by atoms with van der Waals surface area (Å²) in [7, 11) is 0. The van der Waals surface area contributed by atoms with Gasteiger partial charge in [0.2, 0.25) is 0 Å². The van der Waals surface area contributed by atoms with Gasteiger partial charge in [-0.25, -0.2) is 4.79 Å². The topological polar surface area (TPSA) is 58.6 Å². The Labute approximate surface area is 159 Å². The van der Waals surface area contributed by atoms with Crippen LogP contribution in [0.2, 0.25) is 0 Å². The number of likely N-dealkylation sites (tertiary alicyclic amines) is 1. The second-order valence-corrected chi connectivity index (χ2v) is 7.23. The standard InChI is InChI=1S/C22H24N2O3/c25-21(20-14-17-10-4-5-11-18(17)22(26)27-20)23-19(15-24-12-6-7-13-24)16-8-2-1-3-9-16/h1-5,8-11,19-20H,6-7,12-15H2,(H,23,25). The fourth-order valence-electron chi connectivity index (χ4n) is 3.89. The molecule has 1 amide bonds. The number of nitrogens with one attached hydrogen (secondary N) is 1. The molecule has 4 rings (SSSR count). The van der Waals surface area contributed by atoms with E-state index in [1.807, 2.05) is 48.5 Å². The number of ether oxygens (including phenoxy) is 1. The number of rotatable bonds is 5. The van der Waals surface area contributed by atoms with E-state index in [2.05, 4.69) is 10.2 Å². The van der Waals surface area contributed by atoms with Crippen LogP contribution in [0.15, 0.2) is 54.6 Å². The first-order chi connectivity index (χ1) is 13.2. The zero-order valence-electron chi connectivity index (χ0n) is 15.3. The number of esters is 1. The first-order valence-corrected chi connectivity index (χ1v) is 9.57. The van der Waals surface area contributed by atoms with Crippen molar-refractivity contribution in [1.82, 2.24) is 10.2 Å². The van der Waals surface area contributed by atoms with Crippen molar-refractivity contribution >= 4 is 11.9 Å². The summed E-state index contributed by atoms with van der Waals surface area (Å²) in [5, 5.41) is 3.12. The lowest BCUT2D eigenvalue weighted by molar-refractivity contribution is -0.131. The normalized spacial score (nSPS) is 20.6. The van der Waals surface area contributed by atoms with E-state index in [0.29, 0.717) is 12.0 Å². The van der Waals surface area contributed by atoms with Crippen molar-refractivity contribution in [3.63, 3.8) is 0 Å². The van der Waals surface area contributed by atoms with Gasteiger partial charge >= 0.3 is 5.97 Å². The fourth-order valence-corrected chi connectivity index (χ4v) is 3.89. The first-order valence-electron chi connectivity index (χ1n) is 9.57. The third kappa shape index (κ3) is 4.03. The van der Waals surface area contributed by atoms with E-state index in [0.717, 1.165) is 30.8 Å². The molecule has 0 aliphatic carbocycles. The van der Waals surface area contributed by atoms with Gasteiger partial charge in [-0.1, -0.05) is 48.5 Å². The first kappa shape index (κ1) is 17.7. The van der Waals surface area contributed by atoms with Crippen LogP contribution in [0.25, 0.3) is 0 Å². The van der Waals surface area contributed by atoms with Crippen molar-refractivity contribution in [2.24, 2.45) is 0 Å². The maximum atomic E-state index is 12.9. The molecule has 1 fully saturated rings. The molecular weight excluding hydrogens is 340 g/mol. The Morgan fingerprint density at radius 2 is 1.78 bits per heavy atom. The minimum atomic E-state index is -0.780. The van der Waals surface area contributed by atoms with Gasteiger partial charge in [-0.15, -0.1) is 0 Å². The van der Waals surface area contributed by atoms with Crippen LogP contribution in [0.1, 0.15) is 40.4 Å². The SMILES string of the molecule is O=C1OC(C(=O)NC(CN2CCCC2)c2ccccc2)Cc2ccccc21.